The van der Waals surface area contributed by atoms with Crippen LogP contribution in [0.15, 0.2) is 36.4 Å². The monoisotopic (exact) mass is 338 g/mol. The quantitative estimate of drug-likeness (QED) is 0.754. The lowest BCUT2D eigenvalue weighted by Crippen LogP contribution is -2.03. The van der Waals surface area contributed by atoms with E-state index in [9.17, 15) is 15.0 Å². The van der Waals surface area contributed by atoms with Gasteiger partial charge in [0.25, 0.3) is 0 Å². The summed E-state index contributed by atoms with van der Waals surface area (Å²) in [5.74, 6) is 0.198. The number of allylic oxidation sites excluding steroid dienone is 2. The summed E-state index contributed by atoms with van der Waals surface area (Å²) in [4.78, 5) is 11.3. The number of hydrogen-bond acceptors (Lipinski definition) is 3. The predicted octanol–water partition coefficient (Wildman–Crippen LogP) is 5.00. The highest BCUT2D eigenvalue weighted by Gasteiger charge is 2.21. The minimum absolute atomic E-state index is 0.0734. The minimum atomic E-state index is -0.323. The molecule has 0 radical (unpaired) electrons. The van der Waals surface area contributed by atoms with Gasteiger partial charge in [0.1, 0.15) is 17.3 Å². The minimum Gasteiger partial charge on any atom is -0.507 e. The number of benzene rings is 2. The molecule has 2 aromatic rings. The molecule has 0 fully saturated rings. The van der Waals surface area contributed by atoms with E-state index >= 15 is 0 Å². The number of rotatable bonds is 5. The van der Waals surface area contributed by atoms with Gasteiger partial charge in [-0.2, -0.15) is 0 Å². The van der Waals surface area contributed by atoms with Gasteiger partial charge in [0.2, 0.25) is 0 Å². The lowest BCUT2D eigenvalue weighted by molar-refractivity contribution is -0.116. The van der Waals surface area contributed by atoms with Crippen LogP contribution in [0.4, 0.5) is 0 Å². The zero-order valence-corrected chi connectivity index (χ0v) is 15.6. The lowest BCUT2D eigenvalue weighted by atomic mass is 9.85. The van der Waals surface area contributed by atoms with Crippen LogP contribution >= 0.6 is 0 Å². The number of carbonyl (C=O) groups is 1. The molecule has 0 aromatic heterocycles. The molecule has 0 aliphatic heterocycles. The number of phenols is 2. The standard InChI is InChI=1S/C22H26O3/c1-13-9-15(3)21(24)19(11-13)18(8-6-7-17(5)23)20-12-14(2)10-16(4)22(20)25/h6,8-12,18,24-25H,7H2,1-5H3. The molecule has 0 amide bonds. The summed E-state index contributed by atoms with van der Waals surface area (Å²) in [7, 11) is 0. The fourth-order valence-electron chi connectivity index (χ4n) is 3.20. The van der Waals surface area contributed by atoms with Crippen LogP contribution in [0.1, 0.15) is 52.6 Å². The summed E-state index contributed by atoms with van der Waals surface area (Å²) >= 11 is 0. The van der Waals surface area contributed by atoms with Crippen LogP contribution in [-0.2, 0) is 4.79 Å². The second-order valence-corrected chi connectivity index (χ2v) is 6.85. The maximum Gasteiger partial charge on any atom is 0.133 e. The van der Waals surface area contributed by atoms with Crippen molar-refractivity contribution in [1.82, 2.24) is 0 Å². The Kier molecular flexibility index (Phi) is 5.68. The fraction of sp³-hybridized carbons (Fsp3) is 0.318. The van der Waals surface area contributed by atoms with Crippen molar-refractivity contribution in [3.63, 3.8) is 0 Å². The Hall–Kier alpha value is -2.55. The van der Waals surface area contributed by atoms with Crippen molar-refractivity contribution in [3.05, 3.63) is 69.8 Å². The Labute approximate surface area is 149 Å². The van der Waals surface area contributed by atoms with E-state index < -0.39 is 0 Å². The van der Waals surface area contributed by atoms with Crippen molar-refractivity contribution in [1.29, 1.82) is 0 Å². The van der Waals surface area contributed by atoms with Crippen molar-refractivity contribution < 1.29 is 15.0 Å². The topological polar surface area (TPSA) is 57.5 Å². The van der Waals surface area contributed by atoms with Gasteiger partial charge >= 0.3 is 0 Å². The molecular weight excluding hydrogens is 312 g/mol. The molecule has 2 N–H and O–H groups in total. The highest BCUT2D eigenvalue weighted by Crippen LogP contribution is 2.40. The average Bonchev–Trinajstić information content (AvgIpc) is 2.51. The number of aryl methyl sites for hydroxylation is 4. The van der Waals surface area contributed by atoms with E-state index in [0.29, 0.717) is 6.42 Å². The molecule has 0 saturated heterocycles. The van der Waals surface area contributed by atoms with E-state index in [1.807, 2.05) is 58.0 Å². The Morgan fingerprint density at radius 3 is 1.76 bits per heavy atom. The summed E-state index contributed by atoms with van der Waals surface area (Å²) in [5.41, 5.74) is 5.14. The van der Waals surface area contributed by atoms with E-state index in [-0.39, 0.29) is 23.2 Å². The van der Waals surface area contributed by atoms with E-state index in [1.54, 1.807) is 13.0 Å². The molecule has 3 nitrogen and oxygen atoms in total. The van der Waals surface area contributed by atoms with Crippen molar-refractivity contribution in [2.75, 3.05) is 0 Å². The van der Waals surface area contributed by atoms with Crippen LogP contribution in [0.25, 0.3) is 0 Å². The van der Waals surface area contributed by atoms with E-state index in [4.69, 9.17) is 0 Å². The average molecular weight is 338 g/mol. The third-order valence-corrected chi connectivity index (χ3v) is 4.35. The van der Waals surface area contributed by atoms with Crippen LogP contribution < -0.4 is 0 Å². The van der Waals surface area contributed by atoms with Gasteiger partial charge in [-0.15, -0.1) is 0 Å². The Morgan fingerprint density at radius 1 is 0.920 bits per heavy atom. The number of hydrogen-bond donors (Lipinski definition) is 2. The second kappa shape index (κ2) is 7.56. The summed E-state index contributed by atoms with van der Waals surface area (Å²) < 4.78 is 0. The van der Waals surface area contributed by atoms with Crippen LogP contribution in [0.5, 0.6) is 11.5 Å². The summed E-state index contributed by atoms with van der Waals surface area (Å²) in [6.45, 7) is 9.23. The van der Waals surface area contributed by atoms with Gasteiger partial charge < -0.3 is 10.2 Å². The largest absolute Gasteiger partial charge is 0.507 e. The van der Waals surface area contributed by atoms with Gasteiger partial charge in [0, 0.05) is 23.5 Å². The third-order valence-electron chi connectivity index (χ3n) is 4.35. The third kappa shape index (κ3) is 4.30. The van der Waals surface area contributed by atoms with Crippen LogP contribution in [0, 0.1) is 27.7 Å². The van der Waals surface area contributed by atoms with E-state index in [0.717, 1.165) is 33.4 Å². The molecule has 2 aromatic carbocycles. The maximum absolute atomic E-state index is 11.3. The fourth-order valence-corrected chi connectivity index (χ4v) is 3.20. The van der Waals surface area contributed by atoms with Gasteiger partial charge in [0.15, 0.2) is 0 Å². The van der Waals surface area contributed by atoms with Crippen LogP contribution in [-0.4, -0.2) is 16.0 Å². The summed E-state index contributed by atoms with van der Waals surface area (Å²) in [5, 5.41) is 21.2. The normalized spacial score (nSPS) is 11.4. The zero-order valence-electron chi connectivity index (χ0n) is 15.6. The smallest absolute Gasteiger partial charge is 0.133 e. The number of carbonyl (C=O) groups excluding carboxylic acids is 1. The molecule has 0 bridgehead atoms. The van der Waals surface area contributed by atoms with E-state index in [1.165, 1.54) is 0 Å². The molecule has 2 rings (SSSR count). The number of phenolic OH excluding ortho intramolecular Hbond substituents is 2. The lowest BCUT2D eigenvalue weighted by Gasteiger charge is -2.20. The highest BCUT2D eigenvalue weighted by molar-refractivity contribution is 5.77. The maximum atomic E-state index is 11.3. The van der Waals surface area contributed by atoms with Crippen molar-refractivity contribution in [3.8, 4) is 11.5 Å². The first-order valence-electron chi connectivity index (χ1n) is 8.47. The number of ketones is 1. The summed E-state index contributed by atoms with van der Waals surface area (Å²) in [6.07, 6.45) is 4.03. The molecule has 0 aliphatic carbocycles. The van der Waals surface area contributed by atoms with Crippen LogP contribution in [0.3, 0.4) is 0 Å². The molecule has 0 spiro atoms. The molecule has 0 aliphatic rings. The SMILES string of the molecule is CC(=O)CC=CC(c1cc(C)cc(C)c1O)c1cc(C)cc(C)c1O. The van der Waals surface area contributed by atoms with Crippen molar-refractivity contribution >= 4 is 5.78 Å². The molecule has 25 heavy (non-hydrogen) atoms. The van der Waals surface area contributed by atoms with Gasteiger partial charge in [-0.3, -0.25) is 4.79 Å². The second-order valence-electron chi connectivity index (χ2n) is 6.85. The van der Waals surface area contributed by atoms with Gasteiger partial charge in [-0.25, -0.2) is 0 Å². The molecule has 0 saturated carbocycles. The van der Waals surface area contributed by atoms with Crippen LogP contribution in [0.2, 0.25) is 0 Å². The number of aromatic hydroxyl groups is 2. The molecule has 132 valence electrons. The van der Waals surface area contributed by atoms with Gasteiger partial charge in [0.05, 0.1) is 0 Å². The van der Waals surface area contributed by atoms with E-state index in [2.05, 4.69) is 0 Å². The Morgan fingerprint density at radius 2 is 1.36 bits per heavy atom. The van der Waals surface area contributed by atoms with Crippen molar-refractivity contribution in [2.45, 2.75) is 47.0 Å². The number of Topliss-reactive ketones (excluding diaryl/α,β-unsaturated/α-hetero) is 1. The Balaban J connectivity index is 2.67. The molecule has 0 atom stereocenters. The first-order chi connectivity index (χ1) is 11.7. The van der Waals surface area contributed by atoms with Crippen molar-refractivity contribution in [2.24, 2.45) is 0 Å². The molecule has 0 heterocycles. The molecular formula is C22H26O3. The summed E-state index contributed by atoms with van der Waals surface area (Å²) in [6, 6.07) is 7.72. The predicted molar refractivity (Wildman–Crippen MR) is 101 cm³/mol. The molecule has 0 unspecified atom stereocenters. The first-order valence-corrected chi connectivity index (χ1v) is 8.47. The molecule has 3 heteroatoms. The van der Waals surface area contributed by atoms with Gasteiger partial charge in [-0.1, -0.05) is 47.5 Å². The Bertz CT molecular complexity index is 774. The van der Waals surface area contributed by atoms with Gasteiger partial charge in [-0.05, 0) is 45.7 Å². The zero-order chi connectivity index (χ0) is 18.7. The first kappa shape index (κ1) is 18.8. The highest BCUT2D eigenvalue weighted by atomic mass is 16.3.